The van der Waals surface area contributed by atoms with E-state index in [2.05, 4.69) is 17.1 Å². The molecule has 1 heterocycles. The van der Waals surface area contributed by atoms with Crippen LogP contribution in [0.4, 0.5) is 0 Å². The SMILES string of the molecule is CCOC(=O)C(C)c1nc(-c2ccc(CC)cc2)no1. The van der Waals surface area contributed by atoms with Crippen LogP contribution >= 0.6 is 0 Å². The minimum absolute atomic E-state index is 0.276. The van der Waals surface area contributed by atoms with Crippen LogP contribution in [0.5, 0.6) is 0 Å². The molecule has 0 aliphatic heterocycles. The van der Waals surface area contributed by atoms with Crippen LogP contribution in [0.1, 0.15) is 38.1 Å². The van der Waals surface area contributed by atoms with E-state index in [4.69, 9.17) is 9.26 Å². The molecular weight excluding hydrogens is 256 g/mol. The zero-order chi connectivity index (χ0) is 14.5. The predicted molar refractivity (Wildman–Crippen MR) is 74.2 cm³/mol. The summed E-state index contributed by atoms with van der Waals surface area (Å²) in [4.78, 5) is 15.9. The van der Waals surface area contributed by atoms with Gasteiger partial charge in [-0.05, 0) is 25.8 Å². The maximum absolute atomic E-state index is 11.6. The summed E-state index contributed by atoms with van der Waals surface area (Å²) in [5, 5.41) is 3.91. The van der Waals surface area contributed by atoms with Crippen molar-refractivity contribution in [3.8, 4) is 11.4 Å². The summed E-state index contributed by atoms with van der Waals surface area (Å²) in [5.74, 6) is -0.146. The van der Waals surface area contributed by atoms with Crippen molar-refractivity contribution < 1.29 is 14.1 Å². The van der Waals surface area contributed by atoms with Crippen molar-refractivity contribution in [2.45, 2.75) is 33.1 Å². The number of benzene rings is 1. The van der Waals surface area contributed by atoms with Gasteiger partial charge in [-0.25, -0.2) is 0 Å². The van der Waals surface area contributed by atoms with Crippen LogP contribution in [0.15, 0.2) is 28.8 Å². The van der Waals surface area contributed by atoms with Gasteiger partial charge in [-0.15, -0.1) is 0 Å². The van der Waals surface area contributed by atoms with E-state index in [1.165, 1.54) is 5.56 Å². The smallest absolute Gasteiger partial charge is 0.318 e. The van der Waals surface area contributed by atoms with E-state index in [-0.39, 0.29) is 11.9 Å². The molecule has 2 aromatic rings. The quantitative estimate of drug-likeness (QED) is 0.784. The minimum Gasteiger partial charge on any atom is -0.465 e. The Morgan fingerprint density at radius 3 is 2.60 bits per heavy atom. The van der Waals surface area contributed by atoms with Crippen molar-refractivity contribution in [3.05, 3.63) is 35.7 Å². The van der Waals surface area contributed by atoms with E-state index in [1.807, 2.05) is 24.3 Å². The van der Waals surface area contributed by atoms with Crippen LogP contribution in [0, 0.1) is 0 Å². The Hall–Kier alpha value is -2.17. The lowest BCUT2D eigenvalue weighted by molar-refractivity contribution is -0.145. The zero-order valence-corrected chi connectivity index (χ0v) is 11.9. The van der Waals surface area contributed by atoms with Gasteiger partial charge in [0.05, 0.1) is 6.61 Å². The number of hydrogen-bond acceptors (Lipinski definition) is 5. The summed E-state index contributed by atoms with van der Waals surface area (Å²) in [7, 11) is 0. The second kappa shape index (κ2) is 6.32. The lowest BCUT2D eigenvalue weighted by Crippen LogP contribution is -2.13. The Morgan fingerprint density at radius 1 is 1.30 bits per heavy atom. The largest absolute Gasteiger partial charge is 0.465 e. The van der Waals surface area contributed by atoms with Gasteiger partial charge in [0.15, 0.2) is 0 Å². The van der Waals surface area contributed by atoms with E-state index < -0.39 is 5.92 Å². The van der Waals surface area contributed by atoms with Crippen LogP contribution in [-0.2, 0) is 16.0 Å². The molecule has 20 heavy (non-hydrogen) atoms. The second-order valence-corrected chi connectivity index (χ2v) is 4.48. The lowest BCUT2D eigenvalue weighted by Gasteiger charge is -2.04. The van der Waals surface area contributed by atoms with E-state index in [9.17, 15) is 4.79 Å². The fourth-order valence-corrected chi connectivity index (χ4v) is 1.79. The number of rotatable bonds is 5. The normalized spacial score (nSPS) is 12.2. The molecule has 5 heteroatoms. The van der Waals surface area contributed by atoms with E-state index in [0.717, 1.165) is 12.0 Å². The van der Waals surface area contributed by atoms with Crippen LogP contribution in [-0.4, -0.2) is 22.7 Å². The molecule has 1 atom stereocenters. The first kappa shape index (κ1) is 14.2. The van der Waals surface area contributed by atoms with Gasteiger partial charge in [0, 0.05) is 5.56 Å². The minimum atomic E-state index is -0.550. The number of aryl methyl sites for hydroxylation is 1. The maximum atomic E-state index is 11.6. The first-order chi connectivity index (χ1) is 9.65. The van der Waals surface area contributed by atoms with Gasteiger partial charge in [0.25, 0.3) is 0 Å². The second-order valence-electron chi connectivity index (χ2n) is 4.48. The highest BCUT2D eigenvalue weighted by Crippen LogP contribution is 2.21. The van der Waals surface area contributed by atoms with Gasteiger partial charge in [-0.1, -0.05) is 36.3 Å². The van der Waals surface area contributed by atoms with Gasteiger partial charge >= 0.3 is 5.97 Å². The highest BCUT2D eigenvalue weighted by molar-refractivity contribution is 5.76. The Bertz CT molecular complexity index is 575. The molecular formula is C15H18N2O3. The van der Waals surface area contributed by atoms with Crippen LogP contribution in [0.2, 0.25) is 0 Å². The molecule has 1 aromatic heterocycles. The predicted octanol–water partition coefficient (Wildman–Crippen LogP) is 2.97. The first-order valence-electron chi connectivity index (χ1n) is 6.75. The number of ether oxygens (including phenoxy) is 1. The number of esters is 1. The average Bonchev–Trinajstić information content (AvgIpc) is 2.96. The molecule has 0 aliphatic carbocycles. The molecule has 2 rings (SSSR count). The number of carbonyl (C=O) groups is 1. The Balaban J connectivity index is 2.17. The molecule has 1 unspecified atom stereocenters. The fraction of sp³-hybridized carbons (Fsp3) is 0.400. The molecule has 0 N–H and O–H groups in total. The summed E-state index contributed by atoms with van der Waals surface area (Å²) < 4.78 is 10.1. The summed E-state index contributed by atoms with van der Waals surface area (Å²) in [6, 6.07) is 7.95. The average molecular weight is 274 g/mol. The van der Waals surface area contributed by atoms with E-state index >= 15 is 0 Å². The summed E-state index contributed by atoms with van der Waals surface area (Å²) >= 11 is 0. The Morgan fingerprint density at radius 2 is 2.00 bits per heavy atom. The van der Waals surface area contributed by atoms with Gasteiger partial charge in [-0.2, -0.15) is 4.98 Å². The number of aromatic nitrogens is 2. The number of hydrogen-bond donors (Lipinski definition) is 0. The Labute approximate surface area is 118 Å². The third kappa shape index (κ3) is 3.04. The van der Waals surface area contributed by atoms with Crippen LogP contribution < -0.4 is 0 Å². The van der Waals surface area contributed by atoms with Crippen molar-refractivity contribution in [3.63, 3.8) is 0 Å². The number of nitrogens with zero attached hydrogens (tertiary/aromatic N) is 2. The van der Waals surface area contributed by atoms with Gasteiger partial charge in [0.1, 0.15) is 5.92 Å². The highest BCUT2D eigenvalue weighted by atomic mass is 16.5. The van der Waals surface area contributed by atoms with Crippen LogP contribution in [0.25, 0.3) is 11.4 Å². The molecule has 5 nitrogen and oxygen atoms in total. The zero-order valence-electron chi connectivity index (χ0n) is 11.9. The molecule has 106 valence electrons. The third-order valence-electron chi connectivity index (χ3n) is 3.07. The van der Waals surface area contributed by atoms with E-state index in [0.29, 0.717) is 12.4 Å². The van der Waals surface area contributed by atoms with Crippen molar-refractivity contribution in [1.82, 2.24) is 10.1 Å². The first-order valence-corrected chi connectivity index (χ1v) is 6.75. The molecule has 0 bridgehead atoms. The standard InChI is InChI=1S/C15H18N2O3/c1-4-11-6-8-12(9-7-11)13-16-14(20-17-13)10(3)15(18)19-5-2/h6-10H,4-5H2,1-3H3. The van der Waals surface area contributed by atoms with Crippen LogP contribution in [0.3, 0.4) is 0 Å². The van der Waals surface area contributed by atoms with E-state index in [1.54, 1.807) is 13.8 Å². The van der Waals surface area contributed by atoms with Crippen molar-refractivity contribution in [2.24, 2.45) is 0 Å². The summed E-state index contributed by atoms with van der Waals surface area (Å²) in [5.41, 5.74) is 2.12. The topological polar surface area (TPSA) is 65.2 Å². The van der Waals surface area contributed by atoms with Gasteiger partial charge < -0.3 is 9.26 Å². The maximum Gasteiger partial charge on any atom is 0.318 e. The summed E-state index contributed by atoms with van der Waals surface area (Å²) in [6.45, 7) is 5.89. The monoisotopic (exact) mass is 274 g/mol. The fourth-order valence-electron chi connectivity index (χ4n) is 1.79. The summed E-state index contributed by atoms with van der Waals surface area (Å²) in [6.07, 6.45) is 0.984. The molecule has 0 saturated carbocycles. The molecule has 0 radical (unpaired) electrons. The van der Waals surface area contributed by atoms with Gasteiger partial charge in [0.2, 0.25) is 11.7 Å². The highest BCUT2D eigenvalue weighted by Gasteiger charge is 2.23. The molecule has 0 fully saturated rings. The lowest BCUT2D eigenvalue weighted by atomic mass is 10.1. The number of carbonyl (C=O) groups excluding carboxylic acids is 1. The van der Waals surface area contributed by atoms with Crippen molar-refractivity contribution >= 4 is 5.97 Å². The molecule has 1 aromatic carbocycles. The van der Waals surface area contributed by atoms with Gasteiger partial charge in [-0.3, -0.25) is 4.79 Å². The molecule has 0 amide bonds. The van der Waals surface area contributed by atoms with Crippen molar-refractivity contribution in [2.75, 3.05) is 6.61 Å². The molecule has 0 aliphatic rings. The molecule has 0 spiro atoms. The molecule has 0 saturated heterocycles. The third-order valence-corrected chi connectivity index (χ3v) is 3.07. The van der Waals surface area contributed by atoms with Crippen molar-refractivity contribution in [1.29, 1.82) is 0 Å². The Kier molecular flexibility index (Phi) is 4.50.